The van der Waals surface area contributed by atoms with Crippen molar-refractivity contribution in [3.05, 3.63) is 22.5 Å². The number of hydrogen-bond donors (Lipinski definition) is 1. The number of rotatable bonds is 0. The van der Waals surface area contributed by atoms with E-state index in [0.717, 1.165) is 0 Å². The van der Waals surface area contributed by atoms with Crippen LogP contribution in [0.3, 0.4) is 0 Å². The van der Waals surface area contributed by atoms with Crippen molar-refractivity contribution in [2.24, 2.45) is 0 Å². The van der Waals surface area contributed by atoms with Crippen molar-refractivity contribution in [2.75, 3.05) is 0 Å². The van der Waals surface area contributed by atoms with E-state index in [1.54, 1.807) is 11.1 Å². The summed E-state index contributed by atoms with van der Waals surface area (Å²) >= 11 is 0. The van der Waals surface area contributed by atoms with Crippen LogP contribution in [-0.4, -0.2) is 4.98 Å². The van der Waals surface area contributed by atoms with Crippen molar-refractivity contribution in [1.82, 2.24) is 4.98 Å². The van der Waals surface area contributed by atoms with Crippen LogP contribution in [0.25, 0.3) is 0 Å². The average Bonchev–Trinajstić information content (AvgIpc) is 2.80. The molecule has 0 amide bonds. The lowest BCUT2D eigenvalue weighted by molar-refractivity contribution is 0.888. The largest absolute Gasteiger partial charge is 0.362 e. The molecule has 1 aromatic heterocycles. The van der Waals surface area contributed by atoms with Gasteiger partial charge in [0.25, 0.3) is 0 Å². The molecule has 0 saturated carbocycles. The summed E-state index contributed by atoms with van der Waals surface area (Å²) in [5.41, 5.74) is 5.98. The van der Waals surface area contributed by atoms with Gasteiger partial charge in [0.1, 0.15) is 0 Å². The minimum atomic E-state index is 1.30. The van der Waals surface area contributed by atoms with Crippen molar-refractivity contribution >= 4 is 0 Å². The minimum Gasteiger partial charge on any atom is -0.362 e. The standard InChI is InChI=1S/C9H13N.2C2H6/c1-6-8-4-3-5-9(8)7(2)10-6;2*1-2/h10H,3-5H2,1-2H3;2*1-2H3. The van der Waals surface area contributed by atoms with Gasteiger partial charge in [-0.3, -0.25) is 0 Å². The van der Waals surface area contributed by atoms with Crippen molar-refractivity contribution in [2.45, 2.75) is 60.8 Å². The van der Waals surface area contributed by atoms with E-state index >= 15 is 0 Å². The van der Waals surface area contributed by atoms with Crippen molar-refractivity contribution in [1.29, 1.82) is 0 Å². The second-order valence-electron chi connectivity index (χ2n) is 3.19. The van der Waals surface area contributed by atoms with E-state index < -0.39 is 0 Å². The van der Waals surface area contributed by atoms with Gasteiger partial charge >= 0.3 is 0 Å². The van der Waals surface area contributed by atoms with Crippen LogP contribution in [-0.2, 0) is 12.8 Å². The van der Waals surface area contributed by atoms with Gasteiger partial charge in [0.05, 0.1) is 0 Å². The highest BCUT2D eigenvalue weighted by atomic mass is 14.7. The summed E-state index contributed by atoms with van der Waals surface area (Å²) in [6, 6.07) is 0. The van der Waals surface area contributed by atoms with Gasteiger partial charge in [-0.25, -0.2) is 0 Å². The Morgan fingerprint density at radius 1 is 0.786 bits per heavy atom. The van der Waals surface area contributed by atoms with E-state index in [-0.39, 0.29) is 0 Å². The molecule has 0 aromatic carbocycles. The SMILES string of the molecule is CC.CC.Cc1[nH]c(C)c2c1CCC2. The summed E-state index contributed by atoms with van der Waals surface area (Å²) in [6.07, 6.45) is 3.96. The Morgan fingerprint density at radius 3 is 1.50 bits per heavy atom. The molecule has 1 aliphatic rings. The van der Waals surface area contributed by atoms with Gasteiger partial charge < -0.3 is 4.98 Å². The summed E-state index contributed by atoms with van der Waals surface area (Å²) < 4.78 is 0. The number of nitrogens with one attached hydrogen (secondary N) is 1. The van der Waals surface area contributed by atoms with Crippen LogP contribution in [0.2, 0.25) is 0 Å². The minimum absolute atomic E-state index is 1.30. The summed E-state index contributed by atoms with van der Waals surface area (Å²) in [5, 5.41) is 0. The number of aromatic nitrogens is 1. The highest BCUT2D eigenvalue weighted by Crippen LogP contribution is 2.27. The van der Waals surface area contributed by atoms with Crippen molar-refractivity contribution in [3.8, 4) is 0 Å². The third-order valence-corrected chi connectivity index (χ3v) is 2.50. The molecule has 1 heteroatoms. The Kier molecular flexibility index (Phi) is 6.35. The molecule has 1 aromatic rings. The summed E-state index contributed by atoms with van der Waals surface area (Å²) in [7, 11) is 0. The fraction of sp³-hybridized carbons (Fsp3) is 0.692. The van der Waals surface area contributed by atoms with E-state index in [0.29, 0.717) is 0 Å². The van der Waals surface area contributed by atoms with Gasteiger partial charge in [0.2, 0.25) is 0 Å². The quantitative estimate of drug-likeness (QED) is 0.639. The molecule has 1 nitrogen and oxygen atoms in total. The highest BCUT2D eigenvalue weighted by Gasteiger charge is 2.16. The molecule has 0 saturated heterocycles. The molecule has 0 aliphatic heterocycles. The van der Waals surface area contributed by atoms with Crippen LogP contribution in [0.5, 0.6) is 0 Å². The van der Waals surface area contributed by atoms with Gasteiger partial charge in [0.15, 0.2) is 0 Å². The fourth-order valence-electron chi connectivity index (χ4n) is 2.00. The maximum atomic E-state index is 3.38. The second-order valence-corrected chi connectivity index (χ2v) is 3.19. The molecule has 1 aliphatic carbocycles. The molecule has 1 N–H and O–H groups in total. The third-order valence-electron chi connectivity index (χ3n) is 2.50. The first-order valence-corrected chi connectivity index (χ1v) is 5.96. The Balaban J connectivity index is 0.000000379. The molecule has 2 rings (SSSR count). The molecule has 0 fully saturated rings. The molecule has 1 heterocycles. The lowest BCUT2D eigenvalue weighted by Crippen LogP contribution is -1.80. The van der Waals surface area contributed by atoms with Crippen LogP contribution >= 0.6 is 0 Å². The smallest absolute Gasteiger partial charge is 0.0153 e. The molecule has 14 heavy (non-hydrogen) atoms. The van der Waals surface area contributed by atoms with E-state index in [1.807, 2.05) is 27.7 Å². The van der Waals surface area contributed by atoms with Gasteiger partial charge in [-0.15, -0.1) is 0 Å². The number of H-pyrrole nitrogens is 1. The maximum Gasteiger partial charge on any atom is 0.0153 e. The average molecular weight is 195 g/mol. The maximum absolute atomic E-state index is 3.38. The molecular formula is C13H25N. The predicted molar refractivity (Wildman–Crippen MR) is 65.0 cm³/mol. The lowest BCUT2D eigenvalue weighted by atomic mass is 10.2. The zero-order valence-corrected chi connectivity index (χ0v) is 10.6. The molecule has 0 unspecified atom stereocenters. The Morgan fingerprint density at radius 2 is 1.14 bits per heavy atom. The zero-order chi connectivity index (χ0) is 11.1. The first-order valence-electron chi connectivity index (χ1n) is 5.96. The highest BCUT2D eigenvalue weighted by molar-refractivity contribution is 5.39. The molecule has 0 radical (unpaired) electrons. The molecule has 82 valence electrons. The molecule has 0 spiro atoms. The first kappa shape index (κ1) is 13.3. The second kappa shape index (κ2) is 6.69. The third kappa shape index (κ3) is 2.63. The van der Waals surface area contributed by atoms with Crippen LogP contribution in [0.15, 0.2) is 0 Å². The van der Waals surface area contributed by atoms with Crippen LogP contribution in [0, 0.1) is 13.8 Å². The van der Waals surface area contributed by atoms with E-state index in [4.69, 9.17) is 0 Å². The number of aryl methyl sites for hydroxylation is 2. The van der Waals surface area contributed by atoms with Crippen LogP contribution < -0.4 is 0 Å². The van der Waals surface area contributed by atoms with Crippen molar-refractivity contribution < 1.29 is 0 Å². The summed E-state index contributed by atoms with van der Waals surface area (Å²) in [4.78, 5) is 3.38. The van der Waals surface area contributed by atoms with Gasteiger partial charge in [-0.2, -0.15) is 0 Å². The lowest BCUT2D eigenvalue weighted by Gasteiger charge is -1.88. The first-order chi connectivity index (χ1) is 6.79. The van der Waals surface area contributed by atoms with Gasteiger partial charge in [-0.1, -0.05) is 27.7 Å². The van der Waals surface area contributed by atoms with E-state index in [9.17, 15) is 0 Å². The van der Waals surface area contributed by atoms with Crippen LogP contribution in [0.4, 0.5) is 0 Å². The number of hydrogen-bond acceptors (Lipinski definition) is 0. The van der Waals surface area contributed by atoms with E-state index in [2.05, 4.69) is 18.8 Å². The van der Waals surface area contributed by atoms with E-state index in [1.165, 1.54) is 30.7 Å². The zero-order valence-electron chi connectivity index (χ0n) is 10.6. The number of aromatic amines is 1. The predicted octanol–water partition coefficient (Wildman–Crippen LogP) is 4.17. The van der Waals surface area contributed by atoms with Gasteiger partial charge in [-0.05, 0) is 44.2 Å². The Labute approximate surface area is 88.9 Å². The fourth-order valence-corrected chi connectivity index (χ4v) is 2.00. The monoisotopic (exact) mass is 195 g/mol. The summed E-state index contributed by atoms with van der Waals surface area (Å²) in [5.74, 6) is 0. The topological polar surface area (TPSA) is 15.8 Å². The van der Waals surface area contributed by atoms with Crippen LogP contribution in [0.1, 0.15) is 56.6 Å². The number of fused-ring (bicyclic) bond motifs is 1. The summed E-state index contributed by atoms with van der Waals surface area (Å²) in [6.45, 7) is 12.4. The molecule has 0 atom stereocenters. The molecule has 0 bridgehead atoms. The Hall–Kier alpha value is -0.720. The Bertz CT molecular complexity index is 234. The normalized spacial score (nSPS) is 12.1. The van der Waals surface area contributed by atoms with Gasteiger partial charge in [0, 0.05) is 11.4 Å². The van der Waals surface area contributed by atoms with Crippen molar-refractivity contribution in [3.63, 3.8) is 0 Å². The molecular weight excluding hydrogens is 170 g/mol.